The average Bonchev–Trinajstić information content (AvgIpc) is 3.57. The number of nitrogens with zero attached hydrogens (tertiary/aromatic N) is 5. The zero-order valence-corrected chi connectivity index (χ0v) is 17.6. The van der Waals surface area contributed by atoms with Gasteiger partial charge in [0.1, 0.15) is 18.5 Å². The number of methoxy groups -OCH3 is 1. The normalized spacial score (nSPS) is 21.4. The summed E-state index contributed by atoms with van der Waals surface area (Å²) in [6.07, 6.45) is 3.99. The quantitative estimate of drug-likeness (QED) is 0.611. The Hall–Kier alpha value is -3.26. The number of carbonyl (C=O) groups excluding carboxylic acids is 1. The number of aromatic nitrogens is 4. The van der Waals surface area contributed by atoms with Crippen LogP contribution in [0.4, 0.5) is 0 Å². The van der Waals surface area contributed by atoms with Crippen molar-refractivity contribution in [1.29, 1.82) is 0 Å². The van der Waals surface area contributed by atoms with Gasteiger partial charge in [0.2, 0.25) is 5.91 Å². The molecule has 8 heteroatoms. The maximum atomic E-state index is 12.9. The van der Waals surface area contributed by atoms with Crippen molar-refractivity contribution >= 4 is 5.91 Å². The first-order valence-corrected chi connectivity index (χ1v) is 10.6. The minimum atomic E-state index is -0.457. The van der Waals surface area contributed by atoms with Crippen LogP contribution in [-0.2, 0) is 16.0 Å². The van der Waals surface area contributed by atoms with Gasteiger partial charge in [0.15, 0.2) is 17.5 Å². The molecule has 2 aliphatic rings. The Morgan fingerprint density at radius 1 is 1.16 bits per heavy atom. The number of hydrogen-bond acceptors (Lipinski definition) is 6. The van der Waals surface area contributed by atoms with E-state index in [2.05, 4.69) is 10.1 Å². The third-order valence-electron chi connectivity index (χ3n) is 5.77. The lowest BCUT2D eigenvalue weighted by atomic mass is 9.96. The minimum Gasteiger partial charge on any atom is -0.497 e. The SMILES string of the molecule is CCc1nc([C@H]2OCC(=O)N(C3CC3)[C@@H]2c2ccc(OC)cc2)n(-c2ccccn2)n1. The highest BCUT2D eigenvalue weighted by Crippen LogP contribution is 2.45. The van der Waals surface area contributed by atoms with E-state index in [4.69, 9.17) is 14.5 Å². The number of benzene rings is 1. The number of amides is 1. The largest absolute Gasteiger partial charge is 0.497 e. The Morgan fingerprint density at radius 3 is 2.61 bits per heavy atom. The molecule has 2 atom stereocenters. The van der Waals surface area contributed by atoms with E-state index in [0.29, 0.717) is 23.9 Å². The molecule has 1 saturated heterocycles. The van der Waals surface area contributed by atoms with Crippen molar-refractivity contribution in [2.75, 3.05) is 13.7 Å². The van der Waals surface area contributed by atoms with E-state index in [9.17, 15) is 4.79 Å². The molecule has 1 aliphatic carbocycles. The van der Waals surface area contributed by atoms with Crippen LogP contribution in [0.15, 0.2) is 48.7 Å². The molecule has 1 saturated carbocycles. The van der Waals surface area contributed by atoms with Gasteiger partial charge in [0.05, 0.1) is 13.2 Å². The van der Waals surface area contributed by atoms with Crippen LogP contribution in [0.5, 0.6) is 5.75 Å². The second-order valence-electron chi connectivity index (χ2n) is 7.82. The maximum absolute atomic E-state index is 12.9. The van der Waals surface area contributed by atoms with Gasteiger partial charge >= 0.3 is 0 Å². The van der Waals surface area contributed by atoms with Crippen molar-refractivity contribution in [2.24, 2.45) is 0 Å². The van der Waals surface area contributed by atoms with Crippen LogP contribution in [0.25, 0.3) is 5.82 Å². The molecule has 0 bridgehead atoms. The predicted octanol–water partition coefficient (Wildman–Crippen LogP) is 3.04. The number of hydrogen-bond donors (Lipinski definition) is 0. The predicted molar refractivity (Wildman–Crippen MR) is 113 cm³/mol. The summed E-state index contributed by atoms with van der Waals surface area (Å²) in [4.78, 5) is 24.1. The van der Waals surface area contributed by atoms with Gasteiger partial charge < -0.3 is 14.4 Å². The molecular formula is C23H25N5O3. The van der Waals surface area contributed by atoms with E-state index in [-0.39, 0.29) is 24.6 Å². The summed E-state index contributed by atoms with van der Waals surface area (Å²) in [6.45, 7) is 2.05. The summed E-state index contributed by atoms with van der Waals surface area (Å²) < 4.78 is 13.2. The molecule has 0 radical (unpaired) electrons. The molecule has 0 unspecified atom stereocenters. The second kappa shape index (κ2) is 8.11. The number of carbonyl (C=O) groups is 1. The molecule has 0 N–H and O–H groups in total. The standard InChI is InChI=1S/C23H25N5O3/c1-3-18-25-23(28(26-18)19-6-4-5-13-24-19)22-21(15-7-11-17(30-2)12-8-15)27(16-9-10-16)20(29)14-31-22/h4-8,11-13,16,21-22H,3,9-10,14H2,1-2H3/t21-,22+/m1/s1. The molecule has 8 nitrogen and oxygen atoms in total. The number of ether oxygens (including phenoxy) is 2. The van der Waals surface area contributed by atoms with E-state index < -0.39 is 6.10 Å². The van der Waals surface area contributed by atoms with Crippen molar-refractivity contribution in [2.45, 2.75) is 44.4 Å². The molecule has 3 heterocycles. The van der Waals surface area contributed by atoms with Gasteiger partial charge in [-0.15, -0.1) is 5.10 Å². The van der Waals surface area contributed by atoms with E-state index in [1.165, 1.54) is 0 Å². The summed E-state index contributed by atoms with van der Waals surface area (Å²) in [5.74, 6) is 2.84. The van der Waals surface area contributed by atoms with Crippen LogP contribution in [-0.4, -0.2) is 50.3 Å². The number of morpholine rings is 1. The Morgan fingerprint density at radius 2 is 1.97 bits per heavy atom. The molecule has 2 aromatic heterocycles. The highest BCUT2D eigenvalue weighted by atomic mass is 16.5. The molecule has 1 aliphatic heterocycles. The van der Waals surface area contributed by atoms with Gasteiger partial charge in [-0.2, -0.15) is 4.68 Å². The number of aryl methyl sites for hydroxylation is 1. The molecule has 2 fully saturated rings. The molecule has 5 rings (SSSR count). The lowest BCUT2D eigenvalue weighted by Gasteiger charge is -2.41. The van der Waals surface area contributed by atoms with Crippen molar-refractivity contribution < 1.29 is 14.3 Å². The monoisotopic (exact) mass is 419 g/mol. The van der Waals surface area contributed by atoms with Crippen molar-refractivity contribution in [1.82, 2.24) is 24.6 Å². The van der Waals surface area contributed by atoms with Gasteiger partial charge in [0, 0.05) is 18.7 Å². The van der Waals surface area contributed by atoms with E-state index >= 15 is 0 Å². The van der Waals surface area contributed by atoms with Crippen LogP contribution < -0.4 is 4.74 Å². The maximum Gasteiger partial charge on any atom is 0.249 e. The zero-order chi connectivity index (χ0) is 21.4. The molecule has 3 aromatic rings. The van der Waals surface area contributed by atoms with Crippen molar-refractivity contribution in [3.05, 3.63) is 65.9 Å². The fourth-order valence-corrected chi connectivity index (χ4v) is 4.11. The molecule has 31 heavy (non-hydrogen) atoms. The van der Waals surface area contributed by atoms with Crippen LogP contribution in [0.2, 0.25) is 0 Å². The first kappa shape index (κ1) is 19.7. The second-order valence-corrected chi connectivity index (χ2v) is 7.82. The summed E-state index contributed by atoms with van der Waals surface area (Å²) in [7, 11) is 1.64. The third-order valence-corrected chi connectivity index (χ3v) is 5.77. The van der Waals surface area contributed by atoms with E-state index in [1.54, 1.807) is 18.0 Å². The van der Waals surface area contributed by atoms with Crippen molar-refractivity contribution in [3.63, 3.8) is 0 Å². The summed E-state index contributed by atoms with van der Waals surface area (Å²) >= 11 is 0. The number of pyridine rings is 1. The first-order valence-electron chi connectivity index (χ1n) is 10.6. The van der Waals surface area contributed by atoms with Gasteiger partial charge in [-0.3, -0.25) is 4.79 Å². The van der Waals surface area contributed by atoms with E-state index in [0.717, 1.165) is 24.2 Å². The van der Waals surface area contributed by atoms with Gasteiger partial charge in [-0.1, -0.05) is 25.1 Å². The lowest BCUT2D eigenvalue weighted by molar-refractivity contribution is -0.160. The summed E-state index contributed by atoms with van der Waals surface area (Å²) in [6, 6.07) is 13.4. The molecule has 0 spiro atoms. The highest BCUT2D eigenvalue weighted by Gasteiger charge is 2.47. The fraction of sp³-hybridized carbons (Fsp3) is 0.391. The Kier molecular flexibility index (Phi) is 5.15. The fourth-order valence-electron chi connectivity index (χ4n) is 4.11. The Labute approximate surface area is 180 Å². The van der Waals surface area contributed by atoms with Gasteiger partial charge in [-0.25, -0.2) is 9.97 Å². The Balaban J connectivity index is 1.62. The minimum absolute atomic E-state index is 0.0131. The third kappa shape index (κ3) is 3.67. The summed E-state index contributed by atoms with van der Waals surface area (Å²) in [5, 5.41) is 4.67. The van der Waals surface area contributed by atoms with E-state index in [1.807, 2.05) is 54.3 Å². The van der Waals surface area contributed by atoms with Gasteiger partial charge in [-0.05, 0) is 42.7 Å². The average molecular weight is 419 g/mol. The summed E-state index contributed by atoms with van der Waals surface area (Å²) in [5.41, 5.74) is 0.986. The lowest BCUT2D eigenvalue weighted by Crippen LogP contribution is -2.47. The topological polar surface area (TPSA) is 82.4 Å². The number of rotatable bonds is 6. The van der Waals surface area contributed by atoms with Gasteiger partial charge in [0.25, 0.3) is 0 Å². The highest BCUT2D eigenvalue weighted by molar-refractivity contribution is 5.79. The molecular weight excluding hydrogens is 394 g/mol. The van der Waals surface area contributed by atoms with Crippen molar-refractivity contribution in [3.8, 4) is 11.6 Å². The first-order chi connectivity index (χ1) is 15.2. The smallest absolute Gasteiger partial charge is 0.249 e. The van der Waals surface area contributed by atoms with Crippen LogP contribution >= 0.6 is 0 Å². The Bertz CT molecular complexity index is 1060. The van der Waals surface area contributed by atoms with Crippen LogP contribution in [0.3, 0.4) is 0 Å². The molecule has 1 aromatic carbocycles. The van der Waals surface area contributed by atoms with Crippen LogP contribution in [0, 0.1) is 0 Å². The van der Waals surface area contributed by atoms with Crippen LogP contribution in [0.1, 0.15) is 49.1 Å². The zero-order valence-electron chi connectivity index (χ0n) is 17.6. The molecule has 160 valence electrons. The molecule has 1 amide bonds.